The van der Waals surface area contributed by atoms with Crippen LogP contribution >= 0.6 is 0 Å². The molecule has 7 nitrogen and oxygen atoms in total. The van der Waals surface area contributed by atoms with Crippen molar-refractivity contribution >= 4 is 10.0 Å². The van der Waals surface area contributed by atoms with Crippen molar-refractivity contribution in [3.8, 4) is 5.75 Å². The van der Waals surface area contributed by atoms with E-state index in [0.717, 1.165) is 25.0 Å². The second kappa shape index (κ2) is 9.21. The van der Waals surface area contributed by atoms with Gasteiger partial charge >= 0.3 is 0 Å². The van der Waals surface area contributed by atoms with E-state index < -0.39 is 10.0 Å². The minimum atomic E-state index is -3.64. The summed E-state index contributed by atoms with van der Waals surface area (Å²) in [5.41, 5.74) is 10.3. The third kappa shape index (κ3) is 5.15. The maximum absolute atomic E-state index is 12.2. The Balaban J connectivity index is 1.40. The molecular weight excluding hydrogens is 412 g/mol. The van der Waals surface area contributed by atoms with Crippen LogP contribution in [0.4, 0.5) is 0 Å². The third-order valence-electron chi connectivity index (χ3n) is 5.70. The van der Waals surface area contributed by atoms with E-state index in [1.807, 2.05) is 12.1 Å². The van der Waals surface area contributed by atoms with Crippen LogP contribution in [-0.4, -0.2) is 37.2 Å². The molecule has 2 unspecified atom stereocenters. The number of nitrogens with one attached hydrogen (secondary N) is 1. The lowest BCUT2D eigenvalue weighted by molar-refractivity contribution is 0.321. The van der Waals surface area contributed by atoms with E-state index >= 15 is 0 Å². The van der Waals surface area contributed by atoms with Gasteiger partial charge in [-0.15, -0.1) is 0 Å². The minimum absolute atomic E-state index is 0.00141. The Morgan fingerprint density at radius 2 is 2.03 bits per heavy atom. The van der Waals surface area contributed by atoms with Gasteiger partial charge in [0.05, 0.1) is 6.33 Å². The van der Waals surface area contributed by atoms with Crippen LogP contribution in [0, 0.1) is 0 Å². The molecule has 4 rings (SSSR count). The van der Waals surface area contributed by atoms with E-state index in [2.05, 4.69) is 46.1 Å². The lowest BCUT2D eigenvalue weighted by atomic mass is 9.76. The van der Waals surface area contributed by atoms with E-state index in [0.29, 0.717) is 0 Å². The molecule has 1 aromatic heterocycles. The van der Waals surface area contributed by atoms with Crippen LogP contribution in [0.15, 0.2) is 66.1 Å². The summed E-state index contributed by atoms with van der Waals surface area (Å²) < 4.78 is 34.5. The highest BCUT2D eigenvalue weighted by Gasteiger charge is 2.27. The Kier molecular flexibility index (Phi) is 6.41. The Morgan fingerprint density at radius 1 is 1.23 bits per heavy atom. The summed E-state index contributed by atoms with van der Waals surface area (Å²) in [6.07, 6.45) is 5.74. The maximum atomic E-state index is 12.2. The molecule has 8 heteroatoms. The van der Waals surface area contributed by atoms with Gasteiger partial charge in [-0.3, -0.25) is 0 Å². The number of ether oxygens (including phenoxy) is 1. The highest BCUT2D eigenvalue weighted by molar-refractivity contribution is 7.89. The first-order chi connectivity index (χ1) is 14.9. The quantitative estimate of drug-likeness (QED) is 0.524. The topological polar surface area (TPSA) is 99.2 Å². The Morgan fingerprint density at radius 3 is 2.77 bits per heavy atom. The van der Waals surface area contributed by atoms with Gasteiger partial charge in [-0.05, 0) is 48.1 Å². The standard InChI is InChI=1S/C23H28N4O3S/c1-27-15-23(25-16-27)31(28,29)26-11-12-30-19-9-7-18-8-10-22(24)21(20(18)14-19)13-17-5-3-2-4-6-17/h2-7,9,14-16,21-22,26H,8,10-13,24H2,1H3. The van der Waals surface area contributed by atoms with Crippen molar-refractivity contribution < 1.29 is 13.2 Å². The summed E-state index contributed by atoms with van der Waals surface area (Å²) in [6, 6.07) is 16.6. The molecule has 0 fully saturated rings. The van der Waals surface area contributed by atoms with Gasteiger partial charge in [0, 0.05) is 31.7 Å². The molecule has 0 saturated carbocycles. The van der Waals surface area contributed by atoms with Gasteiger partial charge < -0.3 is 15.0 Å². The first-order valence-corrected chi connectivity index (χ1v) is 11.9. The molecule has 1 aliphatic carbocycles. The van der Waals surface area contributed by atoms with E-state index in [-0.39, 0.29) is 30.1 Å². The molecule has 0 saturated heterocycles. The predicted octanol–water partition coefficient (Wildman–Crippen LogP) is 2.38. The number of aromatic nitrogens is 2. The Hall–Kier alpha value is -2.68. The van der Waals surface area contributed by atoms with E-state index in [1.54, 1.807) is 11.6 Å². The van der Waals surface area contributed by atoms with Gasteiger partial charge in [-0.1, -0.05) is 36.4 Å². The van der Waals surface area contributed by atoms with Gasteiger partial charge in [0.15, 0.2) is 5.03 Å². The van der Waals surface area contributed by atoms with Gasteiger partial charge in [0.25, 0.3) is 10.0 Å². The van der Waals surface area contributed by atoms with Crippen molar-refractivity contribution in [1.29, 1.82) is 0 Å². The lowest BCUT2D eigenvalue weighted by Crippen LogP contribution is -2.34. The van der Waals surface area contributed by atoms with Gasteiger partial charge in [-0.25, -0.2) is 18.1 Å². The van der Waals surface area contributed by atoms with Crippen molar-refractivity contribution in [2.75, 3.05) is 13.2 Å². The van der Waals surface area contributed by atoms with Crippen LogP contribution < -0.4 is 15.2 Å². The van der Waals surface area contributed by atoms with Crippen LogP contribution in [0.2, 0.25) is 0 Å². The minimum Gasteiger partial charge on any atom is -0.492 e. The van der Waals surface area contributed by atoms with E-state index in [1.165, 1.54) is 29.2 Å². The Bertz CT molecular complexity index is 1130. The summed E-state index contributed by atoms with van der Waals surface area (Å²) in [7, 11) is -1.91. The normalized spacial score (nSPS) is 18.5. The lowest BCUT2D eigenvalue weighted by Gasteiger charge is -2.32. The number of benzene rings is 2. The molecule has 3 N–H and O–H groups in total. The third-order valence-corrected chi connectivity index (χ3v) is 7.04. The van der Waals surface area contributed by atoms with Crippen LogP contribution in [0.25, 0.3) is 0 Å². The summed E-state index contributed by atoms with van der Waals surface area (Å²) in [6.45, 7) is 0.378. The summed E-state index contributed by atoms with van der Waals surface area (Å²) in [5.74, 6) is 0.959. The molecule has 0 spiro atoms. The maximum Gasteiger partial charge on any atom is 0.259 e. The fourth-order valence-corrected chi connectivity index (χ4v) is 5.06. The van der Waals surface area contributed by atoms with Gasteiger partial charge in [-0.2, -0.15) is 0 Å². The number of nitrogens with two attached hydrogens (primary N) is 1. The second-order valence-electron chi connectivity index (χ2n) is 7.98. The zero-order valence-electron chi connectivity index (χ0n) is 17.6. The molecule has 1 heterocycles. The summed E-state index contributed by atoms with van der Waals surface area (Å²) >= 11 is 0. The molecule has 0 aliphatic heterocycles. The van der Waals surface area contributed by atoms with Crippen LogP contribution in [0.3, 0.4) is 0 Å². The molecular formula is C23H28N4O3S. The van der Waals surface area contributed by atoms with Gasteiger partial charge in [0.2, 0.25) is 0 Å². The van der Waals surface area contributed by atoms with Crippen molar-refractivity contribution in [3.05, 3.63) is 77.7 Å². The van der Waals surface area contributed by atoms with Crippen molar-refractivity contribution in [3.63, 3.8) is 0 Å². The highest BCUT2D eigenvalue weighted by Crippen LogP contribution is 2.35. The predicted molar refractivity (Wildman–Crippen MR) is 120 cm³/mol. The number of aryl methyl sites for hydroxylation is 2. The van der Waals surface area contributed by atoms with E-state index in [9.17, 15) is 8.42 Å². The first-order valence-electron chi connectivity index (χ1n) is 10.4. The average molecular weight is 441 g/mol. The number of hydrogen-bond acceptors (Lipinski definition) is 5. The molecule has 164 valence electrons. The average Bonchev–Trinajstić information content (AvgIpc) is 3.21. The van der Waals surface area contributed by atoms with Crippen molar-refractivity contribution in [2.24, 2.45) is 12.8 Å². The monoisotopic (exact) mass is 440 g/mol. The molecule has 1 aliphatic rings. The molecule has 2 aromatic carbocycles. The molecule has 0 amide bonds. The Labute approximate surface area is 183 Å². The molecule has 3 aromatic rings. The fraction of sp³-hybridized carbons (Fsp3) is 0.348. The van der Waals surface area contributed by atoms with Crippen LogP contribution in [0.1, 0.15) is 29.0 Å². The molecule has 0 bridgehead atoms. The number of hydrogen-bond donors (Lipinski definition) is 2. The fourth-order valence-electron chi connectivity index (χ4n) is 4.07. The number of fused-ring (bicyclic) bond motifs is 1. The van der Waals surface area contributed by atoms with Crippen LogP contribution in [0.5, 0.6) is 5.75 Å². The molecule has 2 atom stereocenters. The van der Waals surface area contributed by atoms with Crippen LogP contribution in [-0.2, 0) is 29.9 Å². The SMILES string of the molecule is Cn1cnc(S(=O)(=O)NCCOc2ccc3c(c2)C(Cc2ccccc2)C(N)CC3)c1. The first kappa shape index (κ1) is 21.5. The zero-order valence-corrected chi connectivity index (χ0v) is 18.4. The highest BCUT2D eigenvalue weighted by atomic mass is 32.2. The number of imidazole rings is 1. The summed E-state index contributed by atoms with van der Waals surface area (Å²) in [5, 5.41) is 0.00141. The smallest absolute Gasteiger partial charge is 0.259 e. The van der Waals surface area contributed by atoms with Crippen molar-refractivity contribution in [1.82, 2.24) is 14.3 Å². The number of sulfonamides is 1. The zero-order chi connectivity index (χ0) is 21.8. The van der Waals surface area contributed by atoms with Gasteiger partial charge in [0.1, 0.15) is 12.4 Å². The largest absolute Gasteiger partial charge is 0.492 e. The number of rotatable bonds is 8. The summed E-state index contributed by atoms with van der Waals surface area (Å²) in [4.78, 5) is 3.88. The van der Waals surface area contributed by atoms with Crippen molar-refractivity contribution in [2.45, 2.75) is 36.2 Å². The molecule has 0 radical (unpaired) electrons. The second-order valence-corrected chi connectivity index (χ2v) is 9.70. The molecule has 31 heavy (non-hydrogen) atoms. The number of nitrogens with zero attached hydrogens (tertiary/aromatic N) is 2. The van der Waals surface area contributed by atoms with E-state index in [4.69, 9.17) is 10.5 Å².